The van der Waals surface area contributed by atoms with E-state index in [1.807, 2.05) is 6.07 Å². The molecule has 1 saturated carbocycles. The second-order valence-electron chi connectivity index (χ2n) is 4.55. The molecule has 1 aliphatic carbocycles. The van der Waals surface area contributed by atoms with E-state index in [0.717, 1.165) is 23.2 Å². The topological polar surface area (TPSA) is 47.3 Å². The number of halogens is 1. The molecule has 1 fully saturated rings. The highest BCUT2D eigenvalue weighted by atomic mass is 79.9. The summed E-state index contributed by atoms with van der Waals surface area (Å²) in [6.45, 7) is 0.862. The monoisotopic (exact) mass is 298 g/mol. The SMILES string of the molecule is COc1ccc(CNC2CCCC2N)cc1Br. The first-order valence-electron chi connectivity index (χ1n) is 6.02. The lowest BCUT2D eigenvalue weighted by atomic mass is 10.1. The van der Waals surface area contributed by atoms with Crippen molar-refractivity contribution >= 4 is 15.9 Å². The molecule has 94 valence electrons. The Kier molecular flexibility index (Phi) is 4.42. The lowest BCUT2D eigenvalue weighted by Gasteiger charge is -2.17. The maximum Gasteiger partial charge on any atom is 0.133 e. The maximum atomic E-state index is 6.03. The summed E-state index contributed by atoms with van der Waals surface area (Å²) in [5, 5.41) is 3.53. The van der Waals surface area contributed by atoms with Crippen LogP contribution in [0.5, 0.6) is 5.75 Å². The summed E-state index contributed by atoms with van der Waals surface area (Å²) in [5.74, 6) is 0.867. The first kappa shape index (κ1) is 12.9. The number of nitrogens with two attached hydrogens (primary N) is 1. The van der Waals surface area contributed by atoms with Gasteiger partial charge in [-0.2, -0.15) is 0 Å². The molecular formula is C13H19BrN2O. The minimum atomic E-state index is 0.316. The van der Waals surface area contributed by atoms with Crippen molar-refractivity contribution in [3.63, 3.8) is 0 Å². The van der Waals surface area contributed by atoms with Gasteiger partial charge in [-0.15, -0.1) is 0 Å². The van der Waals surface area contributed by atoms with Gasteiger partial charge in [-0.1, -0.05) is 12.5 Å². The van der Waals surface area contributed by atoms with Gasteiger partial charge in [0.15, 0.2) is 0 Å². The van der Waals surface area contributed by atoms with Crippen LogP contribution < -0.4 is 15.8 Å². The smallest absolute Gasteiger partial charge is 0.133 e. The van der Waals surface area contributed by atoms with Gasteiger partial charge in [0.2, 0.25) is 0 Å². The number of benzene rings is 1. The number of hydrogen-bond acceptors (Lipinski definition) is 3. The molecule has 2 rings (SSSR count). The molecule has 0 radical (unpaired) electrons. The molecule has 1 aromatic carbocycles. The molecule has 0 amide bonds. The highest BCUT2D eigenvalue weighted by molar-refractivity contribution is 9.10. The summed E-state index contributed by atoms with van der Waals surface area (Å²) in [5.41, 5.74) is 7.27. The average Bonchev–Trinajstić information content (AvgIpc) is 2.72. The van der Waals surface area contributed by atoms with Crippen LogP contribution in [-0.4, -0.2) is 19.2 Å². The number of hydrogen-bond donors (Lipinski definition) is 2. The fraction of sp³-hybridized carbons (Fsp3) is 0.538. The summed E-state index contributed by atoms with van der Waals surface area (Å²) in [6.07, 6.45) is 3.58. The van der Waals surface area contributed by atoms with Crippen molar-refractivity contribution in [2.24, 2.45) is 5.73 Å². The summed E-state index contributed by atoms with van der Waals surface area (Å²) >= 11 is 3.50. The lowest BCUT2D eigenvalue weighted by molar-refractivity contribution is 0.411. The molecule has 1 aliphatic rings. The fourth-order valence-electron chi connectivity index (χ4n) is 2.31. The third-order valence-electron chi connectivity index (χ3n) is 3.35. The summed E-state index contributed by atoms with van der Waals surface area (Å²) in [6, 6.07) is 6.94. The van der Waals surface area contributed by atoms with Crippen LogP contribution in [0.4, 0.5) is 0 Å². The molecule has 3 nitrogen and oxygen atoms in total. The number of methoxy groups -OCH3 is 1. The Hall–Kier alpha value is -0.580. The second-order valence-corrected chi connectivity index (χ2v) is 5.41. The van der Waals surface area contributed by atoms with E-state index in [1.165, 1.54) is 18.4 Å². The van der Waals surface area contributed by atoms with Gasteiger partial charge in [0.1, 0.15) is 5.75 Å². The van der Waals surface area contributed by atoms with Crippen molar-refractivity contribution in [3.05, 3.63) is 28.2 Å². The van der Waals surface area contributed by atoms with Crippen molar-refractivity contribution in [1.29, 1.82) is 0 Å². The third-order valence-corrected chi connectivity index (χ3v) is 3.97. The second kappa shape index (κ2) is 5.85. The highest BCUT2D eigenvalue weighted by Crippen LogP contribution is 2.25. The Morgan fingerprint density at radius 3 is 2.88 bits per heavy atom. The van der Waals surface area contributed by atoms with Crippen molar-refractivity contribution in [1.82, 2.24) is 5.32 Å². The fourth-order valence-corrected chi connectivity index (χ4v) is 2.90. The average molecular weight is 299 g/mol. The zero-order valence-electron chi connectivity index (χ0n) is 10.1. The molecule has 0 aromatic heterocycles. The van der Waals surface area contributed by atoms with E-state index in [1.54, 1.807) is 7.11 Å². The predicted octanol–water partition coefficient (Wildman–Crippen LogP) is 2.43. The van der Waals surface area contributed by atoms with Crippen LogP contribution in [0.15, 0.2) is 22.7 Å². The standard InChI is InChI=1S/C13H19BrN2O/c1-17-13-6-5-9(7-10(13)14)8-16-12-4-2-3-11(12)15/h5-7,11-12,16H,2-4,8,15H2,1H3. The van der Waals surface area contributed by atoms with Gasteiger partial charge in [-0.05, 0) is 46.5 Å². The van der Waals surface area contributed by atoms with E-state index in [9.17, 15) is 0 Å². The molecule has 0 saturated heterocycles. The van der Waals surface area contributed by atoms with Crippen molar-refractivity contribution in [3.8, 4) is 5.75 Å². The van der Waals surface area contributed by atoms with Crippen LogP contribution in [0.1, 0.15) is 24.8 Å². The van der Waals surface area contributed by atoms with Crippen molar-refractivity contribution < 1.29 is 4.74 Å². The molecule has 2 atom stereocenters. The first-order chi connectivity index (χ1) is 8.20. The van der Waals surface area contributed by atoms with Crippen LogP contribution in [0.2, 0.25) is 0 Å². The Bertz CT molecular complexity index is 384. The minimum absolute atomic E-state index is 0.316. The van der Waals surface area contributed by atoms with Gasteiger partial charge in [0.25, 0.3) is 0 Å². The summed E-state index contributed by atoms with van der Waals surface area (Å²) < 4.78 is 6.20. The largest absolute Gasteiger partial charge is 0.496 e. The van der Waals surface area contributed by atoms with Crippen LogP contribution in [0, 0.1) is 0 Å². The Balaban J connectivity index is 1.92. The molecule has 2 unspecified atom stereocenters. The zero-order valence-corrected chi connectivity index (χ0v) is 11.7. The van der Waals surface area contributed by atoms with Gasteiger partial charge in [-0.3, -0.25) is 0 Å². The molecule has 0 bridgehead atoms. The molecule has 0 spiro atoms. The molecule has 0 heterocycles. The van der Waals surface area contributed by atoms with Gasteiger partial charge in [-0.25, -0.2) is 0 Å². The minimum Gasteiger partial charge on any atom is -0.496 e. The number of nitrogens with one attached hydrogen (secondary N) is 1. The maximum absolute atomic E-state index is 6.03. The van der Waals surface area contributed by atoms with Gasteiger partial charge in [0.05, 0.1) is 11.6 Å². The predicted molar refractivity (Wildman–Crippen MR) is 73.1 cm³/mol. The van der Waals surface area contributed by atoms with Gasteiger partial charge < -0.3 is 15.8 Å². The number of ether oxygens (including phenoxy) is 1. The van der Waals surface area contributed by atoms with Crippen LogP contribution >= 0.6 is 15.9 Å². The molecular weight excluding hydrogens is 280 g/mol. The van der Waals surface area contributed by atoms with Crippen LogP contribution in [0.25, 0.3) is 0 Å². The zero-order chi connectivity index (χ0) is 12.3. The Labute approximate surface area is 111 Å². The lowest BCUT2D eigenvalue weighted by Crippen LogP contribution is -2.40. The molecule has 1 aromatic rings. The van der Waals surface area contributed by atoms with Crippen molar-refractivity contribution in [2.45, 2.75) is 37.9 Å². The number of rotatable bonds is 4. The van der Waals surface area contributed by atoms with E-state index in [4.69, 9.17) is 10.5 Å². The van der Waals surface area contributed by atoms with Crippen LogP contribution in [-0.2, 0) is 6.54 Å². The summed E-state index contributed by atoms with van der Waals surface area (Å²) in [4.78, 5) is 0. The van der Waals surface area contributed by atoms with Crippen LogP contribution in [0.3, 0.4) is 0 Å². The van der Waals surface area contributed by atoms with E-state index in [0.29, 0.717) is 12.1 Å². The van der Waals surface area contributed by atoms with Gasteiger partial charge >= 0.3 is 0 Å². The van der Waals surface area contributed by atoms with E-state index in [2.05, 4.69) is 33.4 Å². The molecule has 17 heavy (non-hydrogen) atoms. The normalized spacial score (nSPS) is 23.9. The quantitative estimate of drug-likeness (QED) is 0.897. The molecule has 0 aliphatic heterocycles. The summed E-state index contributed by atoms with van der Waals surface area (Å²) in [7, 11) is 1.68. The van der Waals surface area contributed by atoms with Crippen molar-refractivity contribution in [2.75, 3.05) is 7.11 Å². The van der Waals surface area contributed by atoms with Gasteiger partial charge in [0, 0.05) is 18.6 Å². The van der Waals surface area contributed by atoms with E-state index < -0.39 is 0 Å². The molecule has 3 N–H and O–H groups in total. The third kappa shape index (κ3) is 3.21. The van der Waals surface area contributed by atoms with E-state index >= 15 is 0 Å². The Morgan fingerprint density at radius 2 is 2.29 bits per heavy atom. The first-order valence-corrected chi connectivity index (χ1v) is 6.81. The molecule has 4 heteroatoms. The Morgan fingerprint density at radius 1 is 1.47 bits per heavy atom. The highest BCUT2D eigenvalue weighted by Gasteiger charge is 2.22. The van der Waals surface area contributed by atoms with E-state index in [-0.39, 0.29) is 0 Å².